The summed E-state index contributed by atoms with van der Waals surface area (Å²) >= 11 is 0. The van der Waals surface area contributed by atoms with E-state index in [9.17, 15) is 4.79 Å². The van der Waals surface area contributed by atoms with Gasteiger partial charge in [0.2, 0.25) is 5.91 Å². The number of amides is 1. The zero-order valence-electron chi connectivity index (χ0n) is 11.2. The van der Waals surface area contributed by atoms with Gasteiger partial charge in [0, 0.05) is 25.0 Å². The van der Waals surface area contributed by atoms with Crippen molar-refractivity contribution in [3.63, 3.8) is 0 Å². The molecule has 0 aromatic heterocycles. The van der Waals surface area contributed by atoms with Crippen molar-refractivity contribution in [2.75, 3.05) is 20.1 Å². The molecule has 2 aliphatic rings. The number of hydrogen-bond donors (Lipinski definition) is 1. The molecule has 0 aliphatic heterocycles. The first kappa shape index (κ1) is 12.9. The molecule has 1 amide bonds. The van der Waals surface area contributed by atoms with E-state index >= 15 is 0 Å². The third kappa shape index (κ3) is 3.44. The summed E-state index contributed by atoms with van der Waals surface area (Å²) in [4.78, 5) is 14.5. The van der Waals surface area contributed by atoms with Gasteiger partial charge in [-0.05, 0) is 51.5 Å². The van der Waals surface area contributed by atoms with E-state index < -0.39 is 0 Å². The molecule has 2 rings (SSSR count). The first-order valence-electron chi connectivity index (χ1n) is 7.17. The Morgan fingerprint density at radius 2 is 1.82 bits per heavy atom. The monoisotopic (exact) mass is 238 g/mol. The molecule has 0 saturated heterocycles. The minimum atomic E-state index is 0.367. The molecular weight excluding hydrogens is 212 g/mol. The average molecular weight is 238 g/mol. The van der Waals surface area contributed by atoms with Crippen LogP contribution in [0.4, 0.5) is 0 Å². The van der Waals surface area contributed by atoms with Crippen LogP contribution in [0, 0.1) is 11.8 Å². The maximum Gasteiger partial charge on any atom is 0.225 e. The lowest BCUT2D eigenvalue weighted by molar-refractivity contribution is -0.135. The zero-order chi connectivity index (χ0) is 12.3. The van der Waals surface area contributed by atoms with Crippen molar-refractivity contribution in [3.05, 3.63) is 0 Å². The molecule has 0 radical (unpaired) electrons. The lowest BCUT2D eigenvalue weighted by Crippen LogP contribution is -2.45. The van der Waals surface area contributed by atoms with Crippen LogP contribution in [0.15, 0.2) is 0 Å². The summed E-state index contributed by atoms with van der Waals surface area (Å²) in [6, 6.07) is 0.521. The molecule has 1 N–H and O–H groups in total. The molecular formula is C14H26N2O. The highest BCUT2D eigenvalue weighted by atomic mass is 16.2. The second-order valence-corrected chi connectivity index (χ2v) is 5.82. The summed E-state index contributed by atoms with van der Waals surface area (Å²) in [5.41, 5.74) is 0. The van der Waals surface area contributed by atoms with Gasteiger partial charge in [-0.1, -0.05) is 6.92 Å². The number of likely N-dealkylation sites (N-methyl/N-ethyl adjacent to an activating group) is 1. The van der Waals surface area contributed by atoms with Crippen LogP contribution >= 0.6 is 0 Å². The predicted molar refractivity (Wildman–Crippen MR) is 69.8 cm³/mol. The highest BCUT2D eigenvalue weighted by Crippen LogP contribution is 2.34. The van der Waals surface area contributed by atoms with Gasteiger partial charge in [0.25, 0.3) is 0 Å². The Morgan fingerprint density at radius 3 is 2.35 bits per heavy atom. The first-order valence-corrected chi connectivity index (χ1v) is 7.17. The fourth-order valence-electron chi connectivity index (χ4n) is 2.82. The van der Waals surface area contributed by atoms with Crippen molar-refractivity contribution in [1.29, 1.82) is 0 Å². The number of rotatable bonds is 5. The Morgan fingerprint density at radius 1 is 1.18 bits per heavy atom. The van der Waals surface area contributed by atoms with Gasteiger partial charge in [0.1, 0.15) is 0 Å². The quantitative estimate of drug-likeness (QED) is 0.795. The Kier molecular flexibility index (Phi) is 4.43. The zero-order valence-corrected chi connectivity index (χ0v) is 11.2. The number of hydrogen-bond acceptors (Lipinski definition) is 2. The van der Waals surface area contributed by atoms with E-state index in [-0.39, 0.29) is 0 Å². The molecule has 0 heterocycles. The van der Waals surface area contributed by atoms with Crippen LogP contribution in [0.5, 0.6) is 0 Å². The van der Waals surface area contributed by atoms with E-state index in [1.165, 1.54) is 25.7 Å². The molecule has 0 bridgehead atoms. The molecule has 17 heavy (non-hydrogen) atoms. The van der Waals surface area contributed by atoms with Crippen LogP contribution in [-0.4, -0.2) is 37.0 Å². The molecule has 0 atom stereocenters. The fraction of sp³-hybridized carbons (Fsp3) is 0.929. The van der Waals surface area contributed by atoms with Crippen molar-refractivity contribution in [2.45, 2.75) is 51.5 Å². The Labute approximate surface area is 105 Å². The van der Waals surface area contributed by atoms with Crippen LogP contribution in [0.3, 0.4) is 0 Å². The summed E-state index contributed by atoms with van der Waals surface area (Å²) in [6.45, 7) is 4.15. The summed E-state index contributed by atoms with van der Waals surface area (Å²) in [6.07, 6.45) is 7.25. The van der Waals surface area contributed by atoms with E-state index in [1.54, 1.807) is 0 Å². The van der Waals surface area contributed by atoms with Crippen molar-refractivity contribution in [2.24, 2.45) is 11.8 Å². The molecule has 0 aromatic carbocycles. The van der Waals surface area contributed by atoms with E-state index in [1.807, 2.05) is 7.05 Å². The maximum atomic E-state index is 12.3. The number of carbonyl (C=O) groups excluding carboxylic acids is 1. The predicted octanol–water partition coefficient (Wildman–Crippen LogP) is 2.02. The maximum absolute atomic E-state index is 12.3. The SMILES string of the molecule is CNCCN(C(=O)C1CC1)[C@H]1CC[C@H](C)CC1. The lowest BCUT2D eigenvalue weighted by Gasteiger charge is -2.36. The van der Waals surface area contributed by atoms with Crippen molar-refractivity contribution in [1.82, 2.24) is 10.2 Å². The van der Waals surface area contributed by atoms with Crippen molar-refractivity contribution < 1.29 is 4.79 Å². The molecule has 0 spiro atoms. The molecule has 0 unspecified atom stereocenters. The summed E-state index contributed by atoms with van der Waals surface area (Å²) < 4.78 is 0. The summed E-state index contributed by atoms with van der Waals surface area (Å²) in [7, 11) is 1.96. The van der Waals surface area contributed by atoms with Gasteiger partial charge in [0.05, 0.1) is 0 Å². The van der Waals surface area contributed by atoms with Gasteiger partial charge in [-0.25, -0.2) is 0 Å². The topological polar surface area (TPSA) is 32.3 Å². The molecule has 3 heteroatoms. The van der Waals surface area contributed by atoms with E-state index in [0.29, 0.717) is 17.9 Å². The van der Waals surface area contributed by atoms with Crippen LogP contribution < -0.4 is 5.32 Å². The third-order valence-electron chi connectivity index (χ3n) is 4.24. The van der Waals surface area contributed by atoms with Gasteiger partial charge in [-0.15, -0.1) is 0 Å². The highest BCUT2D eigenvalue weighted by Gasteiger charge is 2.36. The third-order valence-corrected chi connectivity index (χ3v) is 4.24. The van der Waals surface area contributed by atoms with E-state index in [2.05, 4.69) is 17.1 Å². The number of carbonyl (C=O) groups is 1. The Hall–Kier alpha value is -0.570. The number of nitrogens with zero attached hydrogens (tertiary/aromatic N) is 1. The van der Waals surface area contributed by atoms with Gasteiger partial charge in [0.15, 0.2) is 0 Å². The van der Waals surface area contributed by atoms with Crippen LogP contribution in [-0.2, 0) is 4.79 Å². The molecule has 2 fully saturated rings. The van der Waals surface area contributed by atoms with E-state index in [4.69, 9.17) is 0 Å². The van der Waals surface area contributed by atoms with Gasteiger partial charge in [-0.2, -0.15) is 0 Å². The second kappa shape index (κ2) is 5.85. The largest absolute Gasteiger partial charge is 0.338 e. The summed E-state index contributed by atoms with van der Waals surface area (Å²) in [5.74, 6) is 1.65. The molecule has 2 aliphatic carbocycles. The minimum Gasteiger partial charge on any atom is -0.338 e. The minimum absolute atomic E-state index is 0.367. The normalized spacial score (nSPS) is 29.1. The van der Waals surface area contributed by atoms with Crippen LogP contribution in [0.2, 0.25) is 0 Å². The smallest absolute Gasteiger partial charge is 0.225 e. The highest BCUT2D eigenvalue weighted by molar-refractivity contribution is 5.81. The Balaban J connectivity index is 1.91. The Bertz CT molecular complexity index is 255. The standard InChI is InChI=1S/C14H26N2O/c1-11-3-7-13(8-4-11)16(10-9-15-2)14(17)12-5-6-12/h11-13,15H,3-10H2,1-2H3/t11-,13-. The van der Waals surface area contributed by atoms with Gasteiger partial charge >= 0.3 is 0 Å². The second-order valence-electron chi connectivity index (χ2n) is 5.82. The van der Waals surface area contributed by atoms with Gasteiger partial charge in [-0.3, -0.25) is 4.79 Å². The van der Waals surface area contributed by atoms with Gasteiger partial charge < -0.3 is 10.2 Å². The van der Waals surface area contributed by atoms with E-state index in [0.717, 1.165) is 31.8 Å². The lowest BCUT2D eigenvalue weighted by atomic mass is 9.86. The number of nitrogens with one attached hydrogen (secondary N) is 1. The summed E-state index contributed by atoms with van der Waals surface area (Å²) in [5, 5.41) is 3.17. The van der Waals surface area contributed by atoms with Crippen LogP contribution in [0.25, 0.3) is 0 Å². The van der Waals surface area contributed by atoms with Crippen LogP contribution in [0.1, 0.15) is 45.4 Å². The fourth-order valence-corrected chi connectivity index (χ4v) is 2.82. The van der Waals surface area contributed by atoms with Crippen molar-refractivity contribution in [3.8, 4) is 0 Å². The average Bonchev–Trinajstić information content (AvgIpc) is 3.15. The molecule has 0 aromatic rings. The first-order chi connectivity index (χ1) is 8.22. The molecule has 2 saturated carbocycles. The molecule has 3 nitrogen and oxygen atoms in total. The van der Waals surface area contributed by atoms with Crippen molar-refractivity contribution >= 4 is 5.91 Å². The molecule has 98 valence electrons.